The van der Waals surface area contributed by atoms with Gasteiger partial charge in [0, 0.05) is 60.5 Å². The minimum Gasteiger partial charge on any atom is -0.469 e. The van der Waals surface area contributed by atoms with Crippen LogP contribution in [0.4, 0.5) is 14.7 Å². The van der Waals surface area contributed by atoms with Crippen molar-refractivity contribution in [3.05, 3.63) is 71.9 Å². The van der Waals surface area contributed by atoms with Crippen molar-refractivity contribution >= 4 is 17.6 Å². The molecule has 6 rings (SSSR count). The Hall–Kier alpha value is -4.08. The van der Waals surface area contributed by atoms with Crippen LogP contribution in [0, 0.1) is 18.3 Å². The summed E-state index contributed by atoms with van der Waals surface area (Å²) in [6.45, 7) is 0.327. The highest BCUT2D eigenvalue weighted by Gasteiger charge is 2.66. The molecule has 0 bridgehead atoms. The standard InChI is InChI=1S/C27H25F2N5O3/c1-16-21(9-17-5-3-4-6-22(17)37-25(28)29)34-13-18(7-8-23(34)32-16)19-11-30-26(31-12-19)33-14-20-10-27(20,15-33)24(35)36-2/h3-8,11-13,20,25H,9-10,14-15H2,1-2H3. The number of benzene rings is 1. The largest absolute Gasteiger partial charge is 0.469 e. The zero-order chi connectivity index (χ0) is 25.7. The minimum absolute atomic E-state index is 0.153. The van der Waals surface area contributed by atoms with E-state index in [0.29, 0.717) is 30.4 Å². The molecule has 4 aromatic rings. The quantitative estimate of drug-likeness (QED) is 0.347. The van der Waals surface area contributed by atoms with Gasteiger partial charge >= 0.3 is 12.6 Å². The maximum absolute atomic E-state index is 12.9. The van der Waals surface area contributed by atoms with E-state index in [1.807, 2.05) is 34.6 Å². The van der Waals surface area contributed by atoms with E-state index in [1.165, 1.54) is 7.11 Å². The van der Waals surface area contributed by atoms with Crippen LogP contribution in [-0.2, 0) is 16.0 Å². The number of esters is 1. The van der Waals surface area contributed by atoms with Crippen molar-refractivity contribution in [3.63, 3.8) is 0 Å². The zero-order valence-corrected chi connectivity index (χ0v) is 20.4. The summed E-state index contributed by atoms with van der Waals surface area (Å²) < 4.78 is 37.5. The average molecular weight is 506 g/mol. The summed E-state index contributed by atoms with van der Waals surface area (Å²) in [5.74, 6) is 0.889. The molecule has 1 saturated carbocycles. The van der Waals surface area contributed by atoms with Crippen LogP contribution in [0.2, 0.25) is 0 Å². The number of nitrogens with zero attached hydrogens (tertiary/aromatic N) is 5. The number of carbonyl (C=O) groups is 1. The summed E-state index contributed by atoms with van der Waals surface area (Å²) in [4.78, 5) is 28.0. The van der Waals surface area contributed by atoms with Gasteiger partial charge in [0.1, 0.15) is 11.4 Å². The van der Waals surface area contributed by atoms with Crippen LogP contribution in [0.5, 0.6) is 5.75 Å². The first kappa shape index (κ1) is 23.3. The smallest absolute Gasteiger partial charge is 0.387 e. The summed E-state index contributed by atoms with van der Waals surface area (Å²) in [6.07, 6.45) is 6.74. The van der Waals surface area contributed by atoms with Crippen LogP contribution in [0.1, 0.15) is 23.4 Å². The number of ether oxygens (including phenoxy) is 2. The molecule has 2 unspecified atom stereocenters. The van der Waals surface area contributed by atoms with Crippen LogP contribution in [0.25, 0.3) is 16.8 Å². The lowest BCUT2D eigenvalue weighted by Gasteiger charge is -2.20. The zero-order valence-electron chi connectivity index (χ0n) is 20.4. The number of hydrogen-bond acceptors (Lipinski definition) is 7. The second-order valence-electron chi connectivity index (χ2n) is 9.65. The Morgan fingerprint density at radius 2 is 1.95 bits per heavy atom. The second kappa shape index (κ2) is 8.79. The number of hydrogen-bond donors (Lipinski definition) is 0. The third-order valence-electron chi connectivity index (χ3n) is 7.46. The minimum atomic E-state index is -2.89. The monoisotopic (exact) mass is 505 g/mol. The Kier molecular flexibility index (Phi) is 5.54. The summed E-state index contributed by atoms with van der Waals surface area (Å²) in [7, 11) is 1.43. The van der Waals surface area contributed by atoms with E-state index >= 15 is 0 Å². The van der Waals surface area contributed by atoms with Gasteiger partial charge in [-0.1, -0.05) is 18.2 Å². The Morgan fingerprint density at radius 1 is 1.16 bits per heavy atom. The summed E-state index contributed by atoms with van der Waals surface area (Å²) in [6, 6.07) is 10.7. The van der Waals surface area contributed by atoms with E-state index < -0.39 is 12.0 Å². The van der Waals surface area contributed by atoms with Crippen molar-refractivity contribution in [2.45, 2.75) is 26.4 Å². The summed E-state index contributed by atoms with van der Waals surface area (Å²) in [5, 5.41) is 0. The van der Waals surface area contributed by atoms with Gasteiger partial charge in [-0.2, -0.15) is 8.78 Å². The number of pyridine rings is 1. The highest BCUT2D eigenvalue weighted by molar-refractivity contribution is 5.82. The third-order valence-corrected chi connectivity index (χ3v) is 7.46. The van der Waals surface area contributed by atoms with Crippen LogP contribution in [-0.4, -0.2) is 52.1 Å². The first-order valence-electron chi connectivity index (χ1n) is 12.0. The fourth-order valence-electron chi connectivity index (χ4n) is 5.42. The van der Waals surface area contributed by atoms with Gasteiger partial charge in [-0.15, -0.1) is 0 Å². The number of imidazole rings is 1. The van der Waals surface area contributed by atoms with E-state index in [-0.39, 0.29) is 11.7 Å². The van der Waals surface area contributed by atoms with Crippen LogP contribution >= 0.6 is 0 Å². The number of methoxy groups -OCH3 is 1. The van der Waals surface area contributed by atoms with Gasteiger partial charge in [0.2, 0.25) is 5.95 Å². The SMILES string of the molecule is COC(=O)C12CC1CN(c1ncc(-c3ccc4nc(C)c(Cc5ccccc5OC(F)F)n4c3)cn1)C2. The van der Waals surface area contributed by atoms with E-state index in [1.54, 1.807) is 36.7 Å². The van der Waals surface area contributed by atoms with Crippen LogP contribution in [0.3, 0.4) is 0 Å². The van der Waals surface area contributed by atoms with Crippen LogP contribution in [0.15, 0.2) is 55.0 Å². The lowest BCUT2D eigenvalue weighted by Crippen LogP contribution is -2.30. The molecule has 0 spiro atoms. The molecule has 1 saturated heterocycles. The maximum atomic E-state index is 12.9. The lowest BCUT2D eigenvalue weighted by atomic mass is 10.1. The summed E-state index contributed by atoms with van der Waals surface area (Å²) >= 11 is 0. The second-order valence-corrected chi connectivity index (χ2v) is 9.65. The number of carbonyl (C=O) groups excluding carboxylic acids is 1. The molecule has 1 aliphatic carbocycles. The third kappa shape index (κ3) is 4.06. The van der Waals surface area contributed by atoms with Crippen molar-refractivity contribution in [2.75, 3.05) is 25.1 Å². The average Bonchev–Trinajstić information content (AvgIpc) is 3.33. The Morgan fingerprint density at radius 3 is 2.70 bits per heavy atom. The van der Waals surface area contributed by atoms with E-state index in [9.17, 15) is 13.6 Å². The van der Waals surface area contributed by atoms with Gasteiger partial charge in [0.05, 0.1) is 18.2 Å². The van der Waals surface area contributed by atoms with E-state index in [4.69, 9.17) is 9.47 Å². The molecular formula is C27H25F2N5O3. The number of anilines is 1. The van der Waals surface area contributed by atoms with Crippen molar-refractivity contribution in [3.8, 4) is 16.9 Å². The number of rotatable bonds is 7. The van der Waals surface area contributed by atoms with Gasteiger partial charge in [-0.05, 0) is 37.5 Å². The topological polar surface area (TPSA) is 81.8 Å². The number of halogens is 2. The Balaban J connectivity index is 1.26. The first-order chi connectivity index (χ1) is 17.9. The van der Waals surface area contributed by atoms with E-state index in [2.05, 4.69) is 15.0 Å². The molecule has 0 radical (unpaired) electrons. The van der Waals surface area contributed by atoms with Crippen LogP contribution < -0.4 is 9.64 Å². The molecule has 3 aromatic heterocycles. The van der Waals surface area contributed by atoms with Crippen molar-refractivity contribution < 1.29 is 23.0 Å². The number of piperidine rings is 1. The first-order valence-corrected chi connectivity index (χ1v) is 12.0. The number of alkyl halides is 2. The predicted molar refractivity (Wildman–Crippen MR) is 132 cm³/mol. The van der Waals surface area contributed by atoms with Gasteiger partial charge in [0.15, 0.2) is 0 Å². The van der Waals surface area contributed by atoms with Crippen molar-refractivity contribution in [2.24, 2.45) is 11.3 Å². The fourth-order valence-corrected chi connectivity index (χ4v) is 5.42. The Labute approximate surface area is 211 Å². The molecule has 0 amide bonds. The molecular weight excluding hydrogens is 480 g/mol. The van der Waals surface area contributed by atoms with Gasteiger partial charge in [-0.25, -0.2) is 15.0 Å². The molecule has 2 aliphatic rings. The molecule has 8 nitrogen and oxygen atoms in total. The fraction of sp³-hybridized carbons (Fsp3) is 0.333. The number of aromatic nitrogens is 4. The molecule has 190 valence electrons. The highest BCUT2D eigenvalue weighted by atomic mass is 19.3. The molecule has 1 aliphatic heterocycles. The van der Waals surface area contributed by atoms with Gasteiger partial charge < -0.3 is 18.8 Å². The number of aryl methyl sites for hydroxylation is 1. The summed E-state index contributed by atoms with van der Waals surface area (Å²) in [5.41, 5.74) is 4.41. The molecule has 37 heavy (non-hydrogen) atoms. The normalized spacial score (nSPS) is 20.4. The molecule has 0 N–H and O–H groups in total. The van der Waals surface area contributed by atoms with Crippen molar-refractivity contribution in [1.29, 1.82) is 0 Å². The lowest BCUT2D eigenvalue weighted by molar-refractivity contribution is -0.146. The number of para-hydroxylation sites is 1. The van der Waals surface area contributed by atoms with Gasteiger partial charge in [-0.3, -0.25) is 4.79 Å². The molecule has 10 heteroatoms. The Bertz CT molecular complexity index is 1490. The molecule has 2 atom stereocenters. The molecule has 2 fully saturated rings. The predicted octanol–water partition coefficient (Wildman–Crippen LogP) is 4.29. The molecule has 1 aromatic carbocycles. The van der Waals surface area contributed by atoms with E-state index in [0.717, 1.165) is 41.1 Å². The molecule has 4 heterocycles. The highest BCUT2D eigenvalue weighted by Crippen LogP contribution is 2.58. The van der Waals surface area contributed by atoms with Gasteiger partial charge in [0.25, 0.3) is 0 Å². The maximum Gasteiger partial charge on any atom is 0.387 e. The van der Waals surface area contributed by atoms with Crippen molar-refractivity contribution in [1.82, 2.24) is 19.4 Å². The number of fused-ring (bicyclic) bond motifs is 2.